The number of rotatable bonds is 3. The average Bonchev–Trinajstić information content (AvgIpc) is 3.34. The Morgan fingerprint density at radius 3 is 2.76 bits per heavy atom. The van der Waals surface area contributed by atoms with Gasteiger partial charge in [0.1, 0.15) is 5.82 Å². The highest BCUT2D eigenvalue weighted by molar-refractivity contribution is 5.74. The van der Waals surface area contributed by atoms with Crippen LogP contribution in [0.5, 0.6) is 0 Å². The van der Waals surface area contributed by atoms with Gasteiger partial charge in [-0.1, -0.05) is 6.07 Å². The number of piperidine rings is 1. The molecule has 2 fully saturated rings. The van der Waals surface area contributed by atoms with Crippen LogP contribution in [0.1, 0.15) is 43.0 Å². The van der Waals surface area contributed by atoms with Gasteiger partial charge in [0.05, 0.1) is 6.54 Å². The molecule has 2 aliphatic rings. The number of aromatic nitrogens is 3. The van der Waals surface area contributed by atoms with E-state index in [0.29, 0.717) is 5.92 Å². The molecule has 0 unspecified atom stereocenters. The van der Waals surface area contributed by atoms with Gasteiger partial charge in [-0.15, -0.1) is 0 Å². The van der Waals surface area contributed by atoms with Crippen molar-refractivity contribution >= 4 is 6.03 Å². The van der Waals surface area contributed by atoms with E-state index in [2.05, 4.69) is 20.6 Å². The summed E-state index contributed by atoms with van der Waals surface area (Å²) < 4.78 is 2.20. The number of imidazole rings is 1. The molecular weight excluding hydrogens is 314 g/mol. The standard InChI is InChI=1S/C19H25N5O/c25-19(22-9-1-2-10-22)24-11-4-6-17(15-24)18-21-8-12-23(18)14-16-5-3-7-20-13-16/h3,5,7-8,12-13,17H,1-2,4,6,9-11,14-15H2/t17-/m1/s1. The summed E-state index contributed by atoms with van der Waals surface area (Å²) in [6, 6.07) is 4.26. The van der Waals surface area contributed by atoms with Gasteiger partial charge in [0.25, 0.3) is 0 Å². The van der Waals surface area contributed by atoms with E-state index in [9.17, 15) is 4.79 Å². The highest BCUT2D eigenvalue weighted by Gasteiger charge is 2.30. The molecule has 25 heavy (non-hydrogen) atoms. The monoisotopic (exact) mass is 339 g/mol. The summed E-state index contributed by atoms with van der Waals surface area (Å²) in [5, 5.41) is 0. The SMILES string of the molecule is O=C(N1CCCC1)N1CCC[C@@H](c2nccn2Cc2cccnc2)C1. The number of likely N-dealkylation sites (tertiary alicyclic amines) is 2. The second-order valence-electron chi connectivity index (χ2n) is 7.04. The molecule has 0 spiro atoms. The average molecular weight is 339 g/mol. The first-order valence-electron chi connectivity index (χ1n) is 9.25. The molecule has 2 aromatic heterocycles. The lowest BCUT2D eigenvalue weighted by atomic mass is 9.97. The maximum Gasteiger partial charge on any atom is 0.320 e. The first-order valence-corrected chi connectivity index (χ1v) is 9.25. The summed E-state index contributed by atoms with van der Waals surface area (Å²) in [5.41, 5.74) is 1.17. The van der Waals surface area contributed by atoms with E-state index in [1.54, 1.807) is 6.20 Å². The van der Waals surface area contributed by atoms with Crippen LogP contribution in [0.2, 0.25) is 0 Å². The number of amides is 2. The third-order valence-electron chi connectivity index (χ3n) is 5.26. The van der Waals surface area contributed by atoms with Crippen LogP contribution in [0.25, 0.3) is 0 Å². The van der Waals surface area contributed by atoms with E-state index in [-0.39, 0.29) is 6.03 Å². The summed E-state index contributed by atoms with van der Waals surface area (Å²) in [7, 11) is 0. The van der Waals surface area contributed by atoms with Gasteiger partial charge in [0.15, 0.2) is 0 Å². The van der Waals surface area contributed by atoms with Crippen LogP contribution in [0.4, 0.5) is 4.79 Å². The molecule has 0 N–H and O–H groups in total. The number of urea groups is 1. The Morgan fingerprint density at radius 2 is 1.96 bits per heavy atom. The van der Waals surface area contributed by atoms with Crippen LogP contribution in [-0.4, -0.2) is 56.5 Å². The molecule has 0 aromatic carbocycles. The first-order chi connectivity index (χ1) is 12.3. The first kappa shape index (κ1) is 16.1. The minimum Gasteiger partial charge on any atom is -0.330 e. The van der Waals surface area contributed by atoms with Crippen molar-refractivity contribution in [3.05, 3.63) is 48.3 Å². The fourth-order valence-electron chi connectivity index (χ4n) is 3.97. The van der Waals surface area contributed by atoms with Crippen molar-refractivity contribution in [1.29, 1.82) is 0 Å². The number of pyridine rings is 1. The molecule has 2 saturated heterocycles. The molecule has 2 aromatic rings. The van der Waals surface area contributed by atoms with Crippen LogP contribution in [-0.2, 0) is 6.54 Å². The molecule has 4 heterocycles. The smallest absolute Gasteiger partial charge is 0.320 e. The number of nitrogens with zero attached hydrogens (tertiary/aromatic N) is 5. The highest BCUT2D eigenvalue weighted by atomic mass is 16.2. The predicted octanol–water partition coefficient (Wildman–Crippen LogP) is 2.72. The van der Waals surface area contributed by atoms with Gasteiger partial charge >= 0.3 is 6.03 Å². The van der Waals surface area contributed by atoms with Gasteiger partial charge < -0.3 is 14.4 Å². The minimum atomic E-state index is 0.215. The quantitative estimate of drug-likeness (QED) is 0.864. The number of hydrogen-bond donors (Lipinski definition) is 0. The van der Waals surface area contributed by atoms with Crippen LogP contribution in [0, 0.1) is 0 Å². The molecule has 6 nitrogen and oxygen atoms in total. The number of carbonyl (C=O) groups is 1. The van der Waals surface area contributed by atoms with Crippen molar-refractivity contribution in [1.82, 2.24) is 24.3 Å². The molecular formula is C19H25N5O. The Morgan fingerprint density at radius 1 is 1.12 bits per heavy atom. The van der Waals surface area contributed by atoms with Gasteiger partial charge in [0.2, 0.25) is 0 Å². The lowest BCUT2D eigenvalue weighted by Crippen LogP contribution is -2.46. The molecule has 4 rings (SSSR count). The second-order valence-corrected chi connectivity index (χ2v) is 7.04. The molecule has 2 amide bonds. The fourth-order valence-corrected chi connectivity index (χ4v) is 3.97. The maximum absolute atomic E-state index is 12.7. The van der Waals surface area contributed by atoms with E-state index in [1.165, 1.54) is 5.56 Å². The Bertz CT molecular complexity index is 708. The number of hydrogen-bond acceptors (Lipinski definition) is 3. The predicted molar refractivity (Wildman–Crippen MR) is 95.3 cm³/mol. The summed E-state index contributed by atoms with van der Waals surface area (Å²) in [5.74, 6) is 1.40. The topological polar surface area (TPSA) is 54.3 Å². The van der Waals surface area contributed by atoms with Crippen molar-refractivity contribution in [3.63, 3.8) is 0 Å². The normalized spacial score (nSPS) is 20.9. The largest absolute Gasteiger partial charge is 0.330 e. The van der Waals surface area contributed by atoms with E-state index < -0.39 is 0 Å². The van der Waals surface area contributed by atoms with Crippen molar-refractivity contribution in [2.45, 2.75) is 38.1 Å². The van der Waals surface area contributed by atoms with Crippen LogP contribution in [0.3, 0.4) is 0 Å². The zero-order valence-corrected chi connectivity index (χ0v) is 14.5. The van der Waals surface area contributed by atoms with Crippen molar-refractivity contribution in [2.24, 2.45) is 0 Å². The third-order valence-corrected chi connectivity index (χ3v) is 5.26. The van der Waals surface area contributed by atoms with Gasteiger partial charge in [0, 0.05) is 56.9 Å². The third kappa shape index (κ3) is 3.52. The zero-order valence-electron chi connectivity index (χ0n) is 14.5. The Labute approximate surface area is 148 Å². The molecule has 6 heteroatoms. The lowest BCUT2D eigenvalue weighted by molar-refractivity contribution is 0.145. The van der Waals surface area contributed by atoms with E-state index in [0.717, 1.165) is 64.2 Å². The summed E-state index contributed by atoms with van der Waals surface area (Å²) in [4.78, 5) is 25.6. The maximum atomic E-state index is 12.7. The molecule has 0 aliphatic carbocycles. The summed E-state index contributed by atoms with van der Waals surface area (Å²) in [6.45, 7) is 4.25. The van der Waals surface area contributed by atoms with Crippen LogP contribution < -0.4 is 0 Å². The van der Waals surface area contributed by atoms with Crippen LogP contribution in [0.15, 0.2) is 36.9 Å². The summed E-state index contributed by atoms with van der Waals surface area (Å²) in [6.07, 6.45) is 12.0. The van der Waals surface area contributed by atoms with E-state index in [1.807, 2.05) is 34.5 Å². The van der Waals surface area contributed by atoms with Crippen molar-refractivity contribution < 1.29 is 4.79 Å². The summed E-state index contributed by atoms with van der Waals surface area (Å²) >= 11 is 0. The molecule has 0 radical (unpaired) electrons. The Hall–Kier alpha value is -2.37. The van der Waals surface area contributed by atoms with E-state index in [4.69, 9.17) is 0 Å². The highest BCUT2D eigenvalue weighted by Crippen LogP contribution is 2.27. The zero-order chi connectivity index (χ0) is 17.1. The number of carbonyl (C=O) groups excluding carboxylic acids is 1. The Balaban J connectivity index is 1.46. The second kappa shape index (κ2) is 7.25. The van der Waals surface area contributed by atoms with Gasteiger partial charge in [-0.05, 0) is 37.3 Å². The minimum absolute atomic E-state index is 0.215. The molecule has 0 bridgehead atoms. The van der Waals surface area contributed by atoms with Crippen molar-refractivity contribution in [2.75, 3.05) is 26.2 Å². The molecule has 2 aliphatic heterocycles. The van der Waals surface area contributed by atoms with E-state index >= 15 is 0 Å². The van der Waals surface area contributed by atoms with Crippen molar-refractivity contribution in [3.8, 4) is 0 Å². The fraction of sp³-hybridized carbons (Fsp3) is 0.526. The molecule has 0 saturated carbocycles. The van der Waals surface area contributed by atoms with Crippen LogP contribution >= 0.6 is 0 Å². The van der Waals surface area contributed by atoms with Gasteiger partial charge in [-0.3, -0.25) is 4.98 Å². The molecule has 132 valence electrons. The molecule has 1 atom stereocenters. The Kier molecular flexibility index (Phi) is 4.68. The van der Waals surface area contributed by atoms with Gasteiger partial charge in [-0.25, -0.2) is 9.78 Å². The lowest BCUT2D eigenvalue weighted by Gasteiger charge is -2.35. The van der Waals surface area contributed by atoms with Gasteiger partial charge in [-0.2, -0.15) is 0 Å².